The first-order chi connectivity index (χ1) is 5.81. The lowest BCUT2D eigenvalue weighted by atomic mass is 9.96. The standard InChI is InChI=1S/C10H20N2/c1-10(5-6-11-9-10)12-7-3-2-4-8-12/h11H,2-9H2,1H3/t10-/m1/s1. The van der Waals surface area contributed by atoms with Gasteiger partial charge in [0.05, 0.1) is 0 Å². The molecule has 0 aromatic heterocycles. The topological polar surface area (TPSA) is 15.3 Å². The molecule has 0 aliphatic carbocycles. The Bertz CT molecular complexity index is 144. The van der Waals surface area contributed by atoms with Crippen molar-refractivity contribution < 1.29 is 0 Å². The molecule has 2 heteroatoms. The zero-order valence-corrected chi connectivity index (χ0v) is 8.10. The van der Waals surface area contributed by atoms with Crippen LogP contribution in [0.3, 0.4) is 0 Å². The Morgan fingerprint density at radius 2 is 1.92 bits per heavy atom. The Balaban J connectivity index is 1.96. The van der Waals surface area contributed by atoms with Crippen LogP contribution in [0.15, 0.2) is 0 Å². The van der Waals surface area contributed by atoms with Crippen LogP contribution in [0.25, 0.3) is 0 Å². The molecule has 0 unspecified atom stereocenters. The highest BCUT2D eigenvalue weighted by Crippen LogP contribution is 2.25. The predicted molar refractivity (Wildman–Crippen MR) is 51.3 cm³/mol. The summed E-state index contributed by atoms with van der Waals surface area (Å²) in [6.07, 6.45) is 5.61. The van der Waals surface area contributed by atoms with Crippen LogP contribution in [0, 0.1) is 0 Å². The van der Waals surface area contributed by atoms with Crippen LogP contribution in [-0.2, 0) is 0 Å². The number of likely N-dealkylation sites (tertiary alicyclic amines) is 1. The molecule has 2 aliphatic rings. The first-order valence-corrected chi connectivity index (χ1v) is 5.27. The average molecular weight is 168 g/mol. The molecule has 0 aromatic carbocycles. The molecule has 1 N–H and O–H groups in total. The highest BCUT2D eigenvalue weighted by Gasteiger charge is 2.34. The van der Waals surface area contributed by atoms with E-state index in [9.17, 15) is 0 Å². The second-order valence-corrected chi connectivity index (χ2v) is 4.47. The summed E-state index contributed by atoms with van der Waals surface area (Å²) in [5.41, 5.74) is 0.487. The van der Waals surface area contributed by atoms with Gasteiger partial charge in [-0.2, -0.15) is 0 Å². The average Bonchev–Trinajstić information content (AvgIpc) is 2.55. The summed E-state index contributed by atoms with van der Waals surface area (Å²) in [4.78, 5) is 2.69. The number of nitrogens with zero attached hydrogens (tertiary/aromatic N) is 1. The van der Waals surface area contributed by atoms with E-state index < -0.39 is 0 Å². The molecule has 2 heterocycles. The van der Waals surface area contributed by atoms with Crippen molar-refractivity contribution in [2.45, 2.75) is 38.1 Å². The Labute approximate surface area is 75.3 Å². The van der Waals surface area contributed by atoms with Crippen LogP contribution in [0.1, 0.15) is 32.6 Å². The van der Waals surface area contributed by atoms with E-state index in [0.29, 0.717) is 5.54 Å². The Hall–Kier alpha value is -0.0800. The van der Waals surface area contributed by atoms with Gasteiger partial charge in [-0.3, -0.25) is 4.90 Å². The molecule has 12 heavy (non-hydrogen) atoms. The molecule has 0 amide bonds. The lowest BCUT2D eigenvalue weighted by Gasteiger charge is -2.40. The van der Waals surface area contributed by atoms with E-state index >= 15 is 0 Å². The molecule has 0 aromatic rings. The zero-order chi connectivity index (χ0) is 8.44. The number of rotatable bonds is 1. The zero-order valence-electron chi connectivity index (χ0n) is 8.10. The van der Waals surface area contributed by atoms with Gasteiger partial charge in [0.2, 0.25) is 0 Å². The first-order valence-electron chi connectivity index (χ1n) is 5.27. The quantitative estimate of drug-likeness (QED) is 0.633. The normalized spacial score (nSPS) is 38.8. The molecular weight excluding hydrogens is 148 g/mol. The Kier molecular flexibility index (Phi) is 2.37. The van der Waals surface area contributed by atoms with E-state index in [0.717, 1.165) is 0 Å². The van der Waals surface area contributed by atoms with Crippen LogP contribution in [0.2, 0.25) is 0 Å². The summed E-state index contributed by atoms with van der Waals surface area (Å²) in [6.45, 7) is 7.49. The summed E-state index contributed by atoms with van der Waals surface area (Å²) in [5.74, 6) is 0. The third kappa shape index (κ3) is 1.50. The van der Waals surface area contributed by atoms with Gasteiger partial charge in [0.1, 0.15) is 0 Å². The van der Waals surface area contributed by atoms with Crippen LogP contribution in [0.4, 0.5) is 0 Å². The second kappa shape index (κ2) is 3.35. The molecule has 0 bridgehead atoms. The van der Waals surface area contributed by atoms with Gasteiger partial charge in [0.25, 0.3) is 0 Å². The molecule has 2 nitrogen and oxygen atoms in total. The van der Waals surface area contributed by atoms with Crippen LogP contribution in [0.5, 0.6) is 0 Å². The van der Waals surface area contributed by atoms with Gasteiger partial charge in [-0.05, 0) is 45.8 Å². The smallest absolute Gasteiger partial charge is 0.0317 e. The van der Waals surface area contributed by atoms with Crippen LogP contribution < -0.4 is 5.32 Å². The fourth-order valence-electron chi connectivity index (χ4n) is 2.51. The number of hydrogen-bond donors (Lipinski definition) is 1. The van der Waals surface area contributed by atoms with Gasteiger partial charge < -0.3 is 5.32 Å². The molecule has 1 atom stereocenters. The first kappa shape index (κ1) is 8.52. The maximum atomic E-state index is 3.47. The van der Waals surface area contributed by atoms with E-state index in [1.807, 2.05) is 0 Å². The van der Waals surface area contributed by atoms with Gasteiger partial charge in [-0.25, -0.2) is 0 Å². The third-order valence-corrected chi connectivity index (χ3v) is 3.47. The van der Waals surface area contributed by atoms with E-state index in [-0.39, 0.29) is 0 Å². The molecule has 70 valence electrons. The molecule has 0 spiro atoms. The van der Waals surface area contributed by atoms with Crippen molar-refractivity contribution in [3.8, 4) is 0 Å². The molecule has 2 saturated heterocycles. The van der Waals surface area contributed by atoms with E-state index in [1.165, 1.54) is 51.9 Å². The minimum atomic E-state index is 0.487. The van der Waals surface area contributed by atoms with Crippen LogP contribution >= 0.6 is 0 Å². The van der Waals surface area contributed by atoms with Gasteiger partial charge in [0, 0.05) is 12.1 Å². The van der Waals surface area contributed by atoms with Crippen molar-refractivity contribution >= 4 is 0 Å². The molecule has 0 radical (unpaired) electrons. The third-order valence-electron chi connectivity index (χ3n) is 3.47. The highest BCUT2D eigenvalue weighted by molar-refractivity contribution is 4.94. The minimum Gasteiger partial charge on any atom is -0.315 e. The van der Waals surface area contributed by atoms with Crippen molar-refractivity contribution in [2.24, 2.45) is 0 Å². The Morgan fingerprint density at radius 3 is 2.50 bits per heavy atom. The van der Waals surface area contributed by atoms with Gasteiger partial charge in [-0.15, -0.1) is 0 Å². The SMILES string of the molecule is C[C@@]1(N2CCCCC2)CCNC1. The number of nitrogens with one attached hydrogen (secondary N) is 1. The van der Waals surface area contributed by atoms with Gasteiger partial charge >= 0.3 is 0 Å². The summed E-state index contributed by atoms with van der Waals surface area (Å²) < 4.78 is 0. The summed E-state index contributed by atoms with van der Waals surface area (Å²) >= 11 is 0. The monoisotopic (exact) mass is 168 g/mol. The van der Waals surface area contributed by atoms with Gasteiger partial charge in [0.15, 0.2) is 0 Å². The number of hydrogen-bond acceptors (Lipinski definition) is 2. The van der Waals surface area contributed by atoms with Gasteiger partial charge in [-0.1, -0.05) is 6.42 Å². The van der Waals surface area contributed by atoms with Crippen LogP contribution in [-0.4, -0.2) is 36.6 Å². The summed E-state index contributed by atoms with van der Waals surface area (Å²) in [6, 6.07) is 0. The van der Waals surface area contributed by atoms with E-state index in [4.69, 9.17) is 0 Å². The maximum absolute atomic E-state index is 3.47. The number of piperidine rings is 1. The van der Waals surface area contributed by atoms with E-state index in [1.54, 1.807) is 0 Å². The van der Waals surface area contributed by atoms with E-state index in [2.05, 4.69) is 17.1 Å². The summed E-state index contributed by atoms with van der Waals surface area (Å²) in [5, 5.41) is 3.47. The largest absolute Gasteiger partial charge is 0.315 e. The summed E-state index contributed by atoms with van der Waals surface area (Å²) in [7, 11) is 0. The molecule has 0 saturated carbocycles. The fourth-order valence-corrected chi connectivity index (χ4v) is 2.51. The highest BCUT2D eigenvalue weighted by atomic mass is 15.2. The second-order valence-electron chi connectivity index (χ2n) is 4.47. The van der Waals surface area contributed by atoms with Crippen molar-refractivity contribution in [1.29, 1.82) is 0 Å². The molecule has 2 aliphatic heterocycles. The lowest BCUT2D eigenvalue weighted by molar-refractivity contribution is 0.0964. The lowest BCUT2D eigenvalue weighted by Crippen LogP contribution is -2.50. The molecular formula is C10H20N2. The fraction of sp³-hybridized carbons (Fsp3) is 1.00. The molecule has 2 fully saturated rings. The van der Waals surface area contributed by atoms with Crippen molar-refractivity contribution in [2.75, 3.05) is 26.2 Å². The molecule has 2 rings (SSSR count). The van der Waals surface area contributed by atoms with Crippen molar-refractivity contribution in [3.63, 3.8) is 0 Å². The maximum Gasteiger partial charge on any atom is 0.0317 e. The predicted octanol–water partition coefficient (Wildman–Crippen LogP) is 1.22. The van der Waals surface area contributed by atoms with Crippen molar-refractivity contribution in [1.82, 2.24) is 10.2 Å². The Morgan fingerprint density at radius 1 is 1.17 bits per heavy atom. The minimum absolute atomic E-state index is 0.487. The van der Waals surface area contributed by atoms with Crippen molar-refractivity contribution in [3.05, 3.63) is 0 Å².